The standard InChI is InChI=1S/C27H25FN4OS/c1-2-31-16-21(27-30-23(17-34-27)19-9-7-8-18(12-19)15-29)26(33)20-13-22(28)25(14-24(20)31)32-10-5-3-4-6-11-32/h7-9,12-14,16-17H,2-6,10-11H2,1H3. The van der Waals surface area contributed by atoms with E-state index < -0.39 is 0 Å². The van der Waals surface area contributed by atoms with E-state index in [2.05, 4.69) is 16.0 Å². The van der Waals surface area contributed by atoms with Crippen molar-refractivity contribution in [3.8, 4) is 27.9 Å². The van der Waals surface area contributed by atoms with Crippen molar-refractivity contribution in [3.63, 3.8) is 0 Å². The number of anilines is 1. The lowest BCUT2D eigenvalue weighted by molar-refractivity contribution is 0.618. The molecule has 4 aromatic rings. The Morgan fingerprint density at radius 1 is 1.15 bits per heavy atom. The van der Waals surface area contributed by atoms with Gasteiger partial charge in [0.15, 0.2) is 5.43 Å². The van der Waals surface area contributed by atoms with Gasteiger partial charge in [0.2, 0.25) is 0 Å². The van der Waals surface area contributed by atoms with Crippen LogP contribution in [0.3, 0.4) is 0 Å². The second-order valence-corrected chi connectivity index (χ2v) is 9.47. The van der Waals surface area contributed by atoms with Gasteiger partial charge in [0.1, 0.15) is 10.8 Å². The average molecular weight is 473 g/mol. The van der Waals surface area contributed by atoms with Gasteiger partial charge >= 0.3 is 0 Å². The fraction of sp³-hybridized carbons (Fsp3) is 0.296. The van der Waals surface area contributed by atoms with Gasteiger partial charge < -0.3 is 9.47 Å². The molecule has 0 radical (unpaired) electrons. The average Bonchev–Trinajstić information content (AvgIpc) is 3.20. The van der Waals surface area contributed by atoms with Crippen LogP contribution in [0, 0.1) is 17.1 Å². The number of pyridine rings is 1. The number of rotatable bonds is 4. The molecule has 0 bridgehead atoms. The van der Waals surface area contributed by atoms with Crippen LogP contribution < -0.4 is 10.3 Å². The molecular formula is C27H25FN4OS. The van der Waals surface area contributed by atoms with Gasteiger partial charge in [-0.3, -0.25) is 4.79 Å². The third kappa shape index (κ3) is 4.10. The maximum Gasteiger partial charge on any atom is 0.199 e. The SMILES string of the molecule is CCn1cc(-c2nc(-c3cccc(C#N)c3)cs2)c(=O)c2cc(F)c(N3CCCCCC3)cc21. The van der Waals surface area contributed by atoms with Gasteiger partial charge in [-0.25, -0.2) is 9.37 Å². The number of aryl methyl sites for hydroxylation is 1. The summed E-state index contributed by atoms with van der Waals surface area (Å²) in [5.41, 5.74) is 3.67. The minimum atomic E-state index is -0.348. The lowest BCUT2D eigenvalue weighted by Gasteiger charge is -2.24. The van der Waals surface area contributed by atoms with Gasteiger partial charge in [0.25, 0.3) is 0 Å². The number of fused-ring (bicyclic) bond motifs is 1. The smallest absolute Gasteiger partial charge is 0.199 e. The number of hydrogen-bond acceptors (Lipinski definition) is 5. The number of nitriles is 1. The first-order valence-electron chi connectivity index (χ1n) is 11.7. The van der Waals surface area contributed by atoms with Crippen LogP contribution >= 0.6 is 11.3 Å². The third-order valence-electron chi connectivity index (χ3n) is 6.46. The monoisotopic (exact) mass is 472 g/mol. The van der Waals surface area contributed by atoms with Crippen LogP contribution in [-0.4, -0.2) is 22.6 Å². The number of thiazole rings is 1. The number of hydrogen-bond donors (Lipinski definition) is 0. The van der Waals surface area contributed by atoms with E-state index in [-0.39, 0.29) is 11.2 Å². The first-order valence-corrected chi connectivity index (χ1v) is 12.5. The molecule has 0 atom stereocenters. The Morgan fingerprint density at radius 3 is 2.68 bits per heavy atom. The van der Waals surface area contributed by atoms with Crippen molar-refractivity contribution in [2.24, 2.45) is 0 Å². The van der Waals surface area contributed by atoms with E-state index in [0.717, 1.165) is 37.0 Å². The normalized spacial score (nSPS) is 14.2. The summed E-state index contributed by atoms with van der Waals surface area (Å²) in [6.07, 6.45) is 6.29. The van der Waals surface area contributed by atoms with Crippen molar-refractivity contribution < 1.29 is 4.39 Å². The lowest BCUT2D eigenvalue weighted by atomic mass is 10.1. The highest BCUT2D eigenvalue weighted by molar-refractivity contribution is 7.13. The van der Waals surface area contributed by atoms with E-state index in [4.69, 9.17) is 0 Å². The van der Waals surface area contributed by atoms with Crippen LogP contribution in [0.25, 0.3) is 32.7 Å². The van der Waals surface area contributed by atoms with E-state index in [1.54, 1.807) is 12.1 Å². The zero-order valence-corrected chi connectivity index (χ0v) is 19.9. The summed E-state index contributed by atoms with van der Waals surface area (Å²) in [4.78, 5) is 20.3. The molecule has 2 aromatic carbocycles. The molecule has 0 amide bonds. The minimum Gasteiger partial charge on any atom is -0.369 e. The van der Waals surface area contributed by atoms with Crippen molar-refractivity contribution in [2.75, 3.05) is 18.0 Å². The van der Waals surface area contributed by atoms with Gasteiger partial charge in [-0.05, 0) is 44.0 Å². The molecule has 2 aromatic heterocycles. The molecule has 172 valence electrons. The molecule has 0 N–H and O–H groups in total. The van der Waals surface area contributed by atoms with E-state index in [9.17, 15) is 10.1 Å². The molecule has 7 heteroatoms. The molecule has 5 nitrogen and oxygen atoms in total. The van der Waals surface area contributed by atoms with Crippen LogP contribution in [0.4, 0.5) is 10.1 Å². The molecule has 0 aliphatic carbocycles. The van der Waals surface area contributed by atoms with Crippen LogP contribution in [0.2, 0.25) is 0 Å². The van der Waals surface area contributed by atoms with Crippen LogP contribution in [0.5, 0.6) is 0 Å². The summed E-state index contributed by atoms with van der Waals surface area (Å²) < 4.78 is 17.3. The quantitative estimate of drug-likeness (QED) is 0.355. The zero-order chi connectivity index (χ0) is 23.7. The van der Waals surface area contributed by atoms with Crippen LogP contribution in [-0.2, 0) is 6.54 Å². The van der Waals surface area contributed by atoms with Gasteiger partial charge in [0, 0.05) is 42.2 Å². The molecule has 5 rings (SSSR count). The Bertz CT molecular complexity index is 1460. The highest BCUT2D eigenvalue weighted by Crippen LogP contribution is 2.31. The number of halogens is 1. The van der Waals surface area contributed by atoms with Gasteiger partial charge in [-0.2, -0.15) is 5.26 Å². The largest absolute Gasteiger partial charge is 0.369 e. The molecular weight excluding hydrogens is 447 g/mol. The van der Waals surface area contributed by atoms with Crippen LogP contribution in [0.1, 0.15) is 38.2 Å². The summed E-state index contributed by atoms with van der Waals surface area (Å²) in [5, 5.41) is 12.0. The molecule has 1 aliphatic heterocycles. The molecule has 1 saturated heterocycles. The summed E-state index contributed by atoms with van der Waals surface area (Å²) >= 11 is 1.38. The highest BCUT2D eigenvalue weighted by Gasteiger charge is 2.20. The second kappa shape index (κ2) is 9.40. The fourth-order valence-electron chi connectivity index (χ4n) is 4.65. The predicted molar refractivity (Wildman–Crippen MR) is 136 cm³/mol. The van der Waals surface area contributed by atoms with Crippen molar-refractivity contribution in [3.05, 3.63) is 69.6 Å². The first kappa shape index (κ1) is 22.3. The van der Waals surface area contributed by atoms with E-state index in [0.29, 0.717) is 39.4 Å². The fourth-order valence-corrected chi connectivity index (χ4v) is 5.48. The highest BCUT2D eigenvalue weighted by atomic mass is 32.1. The lowest BCUT2D eigenvalue weighted by Crippen LogP contribution is -2.25. The van der Waals surface area contributed by atoms with Gasteiger partial charge in [-0.15, -0.1) is 11.3 Å². The molecule has 0 unspecified atom stereocenters. The van der Waals surface area contributed by atoms with E-state index >= 15 is 4.39 Å². The van der Waals surface area contributed by atoms with Crippen molar-refractivity contribution in [1.82, 2.24) is 9.55 Å². The first-order chi connectivity index (χ1) is 16.6. The number of aromatic nitrogens is 2. The second-order valence-electron chi connectivity index (χ2n) is 8.61. The van der Waals surface area contributed by atoms with Crippen molar-refractivity contribution in [1.29, 1.82) is 5.26 Å². The Hall–Kier alpha value is -3.50. The van der Waals surface area contributed by atoms with Crippen LogP contribution in [0.15, 0.2) is 52.8 Å². The molecule has 0 spiro atoms. The Balaban J connectivity index is 1.60. The Kier molecular flexibility index (Phi) is 6.16. The Labute approximate surface area is 201 Å². The maximum atomic E-state index is 15.3. The maximum absolute atomic E-state index is 15.3. The molecule has 0 saturated carbocycles. The summed E-state index contributed by atoms with van der Waals surface area (Å²) in [6, 6.07) is 12.6. The Morgan fingerprint density at radius 2 is 1.94 bits per heavy atom. The summed E-state index contributed by atoms with van der Waals surface area (Å²) in [5.74, 6) is -0.348. The third-order valence-corrected chi connectivity index (χ3v) is 7.33. The zero-order valence-electron chi connectivity index (χ0n) is 19.1. The topological polar surface area (TPSA) is 61.9 Å². The number of nitrogens with zero attached hydrogens (tertiary/aromatic N) is 4. The molecule has 1 aliphatic rings. The summed E-state index contributed by atoms with van der Waals surface area (Å²) in [6.45, 7) is 4.35. The van der Waals surface area contributed by atoms with Gasteiger partial charge in [0.05, 0.1) is 34.1 Å². The summed E-state index contributed by atoms with van der Waals surface area (Å²) in [7, 11) is 0. The molecule has 3 heterocycles. The minimum absolute atomic E-state index is 0.215. The van der Waals surface area contributed by atoms with Crippen molar-refractivity contribution in [2.45, 2.75) is 39.2 Å². The molecule has 34 heavy (non-hydrogen) atoms. The number of benzene rings is 2. The van der Waals surface area contributed by atoms with Gasteiger partial charge in [-0.1, -0.05) is 25.0 Å². The predicted octanol–water partition coefficient (Wildman–Crippen LogP) is 6.20. The van der Waals surface area contributed by atoms with Crippen molar-refractivity contribution >= 4 is 27.9 Å². The van der Waals surface area contributed by atoms with E-state index in [1.807, 2.05) is 41.3 Å². The van der Waals surface area contributed by atoms with E-state index in [1.165, 1.54) is 30.2 Å². The molecule has 1 fully saturated rings.